The average molecular weight is 99.1 g/mol. The Balaban J connectivity index is 3.03. The highest BCUT2D eigenvalue weighted by Gasteiger charge is 1.86. The summed E-state index contributed by atoms with van der Waals surface area (Å²) in [6.07, 6.45) is 0. The summed E-state index contributed by atoms with van der Waals surface area (Å²) in [6.45, 7) is 0.865. The van der Waals surface area contributed by atoms with Crippen molar-refractivity contribution in [3.63, 3.8) is 0 Å². The predicted molar refractivity (Wildman–Crippen MR) is 27.3 cm³/mol. The Hall–Kier alpha value is -0.590. The molecule has 0 radical (unpaired) electrons. The van der Waals surface area contributed by atoms with Gasteiger partial charge in [-0.15, -0.1) is 0 Å². The Morgan fingerprint density at radius 3 is 2.57 bits per heavy atom. The summed E-state index contributed by atoms with van der Waals surface area (Å²) in [5, 5.41) is 8.02. The predicted octanol–water partition coefficient (Wildman–Crippen LogP) is -0.642. The maximum absolute atomic E-state index is 8.02. The molecule has 0 fully saturated rings. The molecular weight excluding hydrogens is 90.1 g/mol. The second-order valence-electron chi connectivity index (χ2n) is 1.35. The molecule has 7 heavy (non-hydrogen) atoms. The Kier molecular flexibility index (Phi) is 3.29. The van der Waals surface area contributed by atoms with Gasteiger partial charge in [-0.3, -0.25) is 4.90 Å². The van der Waals surface area contributed by atoms with E-state index in [2.05, 4.69) is 0 Å². The molecule has 0 bridgehead atoms. The summed E-state index contributed by atoms with van der Waals surface area (Å²) < 4.78 is 0. The van der Waals surface area contributed by atoms with Crippen LogP contribution in [-0.2, 0) is 0 Å². The van der Waals surface area contributed by atoms with E-state index in [0.29, 0.717) is 13.2 Å². The number of nitriles is 1. The number of nitrogens with zero attached hydrogens (tertiary/aromatic N) is 2. The van der Waals surface area contributed by atoms with E-state index in [-0.39, 0.29) is 0 Å². The first-order valence-corrected chi connectivity index (χ1v) is 2.07. The molecule has 40 valence electrons. The van der Waals surface area contributed by atoms with E-state index in [0.717, 1.165) is 0 Å². The quantitative estimate of drug-likeness (QED) is 0.370. The SMILES string of the molecule is CN(CN)CC#N. The highest BCUT2D eigenvalue weighted by Crippen LogP contribution is 1.69. The van der Waals surface area contributed by atoms with E-state index in [1.807, 2.05) is 6.07 Å². The van der Waals surface area contributed by atoms with Gasteiger partial charge in [-0.05, 0) is 7.05 Å². The zero-order chi connectivity index (χ0) is 5.70. The van der Waals surface area contributed by atoms with Gasteiger partial charge in [0.2, 0.25) is 0 Å². The first kappa shape index (κ1) is 6.41. The molecule has 0 aliphatic heterocycles. The molecule has 0 saturated carbocycles. The lowest BCUT2D eigenvalue weighted by molar-refractivity contribution is 0.387. The minimum absolute atomic E-state index is 0.413. The van der Waals surface area contributed by atoms with Gasteiger partial charge in [0, 0.05) is 6.67 Å². The van der Waals surface area contributed by atoms with Gasteiger partial charge in [0.1, 0.15) is 0 Å². The summed E-state index contributed by atoms with van der Waals surface area (Å²) in [6, 6.07) is 1.96. The van der Waals surface area contributed by atoms with Crippen LogP contribution in [0.1, 0.15) is 0 Å². The molecule has 0 aromatic carbocycles. The molecule has 0 aromatic rings. The summed E-state index contributed by atoms with van der Waals surface area (Å²) >= 11 is 0. The fourth-order valence-electron chi connectivity index (χ4n) is 0.185. The third kappa shape index (κ3) is 3.23. The second kappa shape index (κ2) is 3.59. The van der Waals surface area contributed by atoms with Crippen LogP contribution < -0.4 is 5.73 Å². The van der Waals surface area contributed by atoms with Gasteiger partial charge in [0.15, 0.2) is 0 Å². The van der Waals surface area contributed by atoms with Gasteiger partial charge in [0.05, 0.1) is 12.6 Å². The summed E-state index contributed by atoms with van der Waals surface area (Å²) in [4.78, 5) is 1.72. The summed E-state index contributed by atoms with van der Waals surface area (Å²) in [7, 11) is 1.79. The molecule has 0 aliphatic rings. The van der Waals surface area contributed by atoms with E-state index in [4.69, 9.17) is 11.0 Å². The minimum Gasteiger partial charge on any atom is -0.318 e. The standard InChI is InChI=1S/C4H9N3/c1-7(4-6)3-2-5/h3-4,6H2,1H3. The third-order valence-corrected chi connectivity index (χ3v) is 0.652. The van der Waals surface area contributed by atoms with E-state index < -0.39 is 0 Å². The van der Waals surface area contributed by atoms with Crippen molar-refractivity contribution in [2.24, 2.45) is 5.73 Å². The smallest absolute Gasteiger partial charge is 0.0873 e. The van der Waals surface area contributed by atoms with Crippen molar-refractivity contribution < 1.29 is 0 Å². The van der Waals surface area contributed by atoms with Crippen LogP contribution in [0.5, 0.6) is 0 Å². The molecule has 0 aromatic heterocycles. The van der Waals surface area contributed by atoms with Crippen LogP contribution in [0.2, 0.25) is 0 Å². The van der Waals surface area contributed by atoms with Crippen molar-refractivity contribution in [3.05, 3.63) is 0 Å². The van der Waals surface area contributed by atoms with Crippen molar-refractivity contribution in [3.8, 4) is 6.07 Å². The van der Waals surface area contributed by atoms with Gasteiger partial charge < -0.3 is 5.73 Å². The number of hydrogen-bond acceptors (Lipinski definition) is 3. The maximum Gasteiger partial charge on any atom is 0.0873 e. The number of nitrogens with two attached hydrogens (primary N) is 1. The Morgan fingerprint density at radius 1 is 1.86 bits per heavy atom. The topological polar surface area (TPSA) is 53.0 Å². The maximum atomic E-state index is 8.02. The molecule has 3 nitrogen and oxygen atoms in total. The third-order valence-electron chi connectivity index (χ3n) is 0.652. The molecule has 3 heteroatoms. The van der Waals surface area contributed by atoms with Crippen LogP contribution in [0.3, 0.4) is 0 Å². The van der Waals surface area contributed by atoms with Gasteiger partial charge in [-0.25, -0.2) is 0 Å². The van der Waals surface area contributed by atoms with Crippen molar-refractivity contribution in [1.82, 2.24) is 4.90 Å². The van der Waals surface area contributed by atoms with Gasteiger partial charge in [0.25, 0.3) is 0 Å². The molecule has 0 aliphatic carbocycles. The van der Waals surface area contributed by atoms with Gasteiger partial charge in [-0.1, -0.05) is 0 Å². The molecule has 0 saturated heterocycles. The van der Waals surface area contributed by atoms with Gasteiger partial charge in [-0.2, -0.15) is 5.26 Å². The highest BCUT2D eigenvalue weighted by atomic mass is 15.1. The van der Waals surface area contributed by atoms with Gasteiger partial charge >= 0.3 is 0 Å². The van der Waals surface area contributed by atoms with Crippen molar-refractivity contribution in [2.75, 3.05) is 20.3 Å². The van der Waals surface area contributed by atoms with Crippen LogP contribution >= 0.6 is 0 Å². The van der Waals surface area contributed by atoms with E-state index >= 15 is 0 Å². The number of rotatable bonds is 2. The van der Waals surface area contributed by atoms with Crippen LogP contribution in [0.25, 0.3) is 0 Å². The lowest BCUT2D eigenvalue weighted by atomic mass is 10.6. The lowest BCUT2D eigenvalue weighted by Gasteiger charge is -2.05. The average Bonchev–Trinajstić information content (AvgIpc) is 1.68. The fourth-order valence-corrected chi connectivity index (χ4v) is 0.185. The minimum atomic E-state index is 0.413. The molecule has 0 amide bonds. The van der Waals surface area contributed by atoms with Crippen LogP contribution in [0.4, 0.5) is 0 Å². The zero-order valence-electron chi connectivity index (χ0n) is 4.39. The second-order valence-corrected chi connectivity index (χ2v) is 1.35. The molecule has 0 spiro atoms. The highest BCUT2D eigenvalue weighted by molar-refractivity contribution is 4.72. The molecule has 0 heterocycles. The van der Waals surface area contributed by atoms with Crippen LogP contribution in [0, 0.1) is 11.3 Å². The first-order chi connectivity index (χ1) is 3.31. The Bertz CT molecular complexity index is 73.5. The number of hydrogen-bond donors (Lipinski definition) is 1. The first-order valence-electron chi connectivity index (χ1n) is 2.07. The molecule has 2 N–H and O–H groups in total. The van der Waals surface area contributed by atoms with Crippen molar-refractivity contribution in [1.29, 1.82) is 5.26 Å². The van der Waals surface area contributed by atoms with Crippen molar-refractivity contribution >= 4 is 0 Å². The van der Waals surface area contributed by atoms with E-state index in [9.17, 15) is 0 Å². The van der Waals surface area contributed by atoms with E-state index in [1.54, 1.807) is 11.9 Å². The Labute approximate surface area is 43.3 Å². The van der Waals surface area contributed by atoms with Crippen molar-refractivity contribution in [2.45, 2.75) is 0 Å². The molecule has 0 rings (SSSR count). The lowest BCUT2D eigenvalue weighted by Crippen LogP contribution is -2.25. The van der Waals surface area contributed by atoms with Crippen LogP contribution in [-0.4, -0.2) is 25.2 Å². The molecule has 0 unspecified atom stereocenters. The zero-order valence-corrected chi connectivity index (χ0v) is 4.39. The molecular formula is C4H9N3. The molecule has 0 atom stereocenters. The largest absolute Gasteiger partial charge is 0.318 e. The Morgan fingerprint density at radius 2 is 2.43 bits per heavy atom. The summed E-state index contributed by atoms with van der Waals surface area (Å²) in [5.41, 5.74) is 5.13. The fraction of sp³-hybridized carbons (Fsp3) is 0.750. The summed E-state index contributed by atoms with van der Waals surface area (Å²) in [5.74, 6) is 0. The van der Waals surface area contributed by atoms with E-state index in [1.165, 1.54) is 0 Å². The van der Waals surface area contributed by atoms with Crippen LogP contribution in [0.15, 0.2) is 0 Å². The monoisotopic (exact) mass is 99.1 g/mol. The normalized spacial score (nSPS) is 8.86.